The topological polar surface area (TPSA) is 342 Å². The monoisotopic (exact) mass is 731 g/mol. The molecule has 0 aromatic carbocycles. The van der Waals surface area contributed by atoms with Crippen LogP contribution in [-0.4, -0.2) is 0 Å². The molecule has 0 N–H and O–H groups in total. The smallest absolute Gasteiger partial charge is 2.00 e. The summed E-state index contributed by atoms with van der Waals surface area (Å²) in [4.78, 5) is 0. The third-order valence-corrected chi connectivity index (χ3v) is 0. The van der Waals surface area contributed by atoms with E-state index in [4.69, 9.17) is 0 Å². The summed E-state index contributed by atoms with van der Waals surface area (Å²) in [5.74, 6) is 0. The van der Waals surface area contributed by atoms with Crippen LogP contribution in [0.15, 0.2) is 0 Å². The van der Waals surface area contributed by atoms with E-state index in [0.717, 1.165) is 0 Å². The predicted molar refractivity (Wildman–Crippen MR) is 8.24 cm³/mol. The minimum absolute atomic E-state index is 0. The summed E-state index contributed by atoms with van der Waals surface area (Å²) >= 11 is 0. The van der Waals surface area contributed by atoms with Gasteiger partial charge in [0.15, 0.2) is 0 Å². The van der Waals surface area contributed by atoms with Gasteiger partial charge in [0, 0.05) is 0 Å². The fourth-order valence-electron chi connectivity index (χ4n) is 0. The Hall–Kier alpha value is 4.82. The molecule has 0 aliphatic heterocycles. The quantitative estimate of drug-likeness (QED) is 0.276. The van der Waals surface area contributed by atoms with E-state index in [2.05, 4.69) is 0 Å². The first-order valence-corrected chi connectivity index (χ1v) is 0. The van der Waals surface area contributed by atoms with E-state index in [9.17, 15) is 0 Å². The molecule has 18 heavy (non-hydrogen) atoms. The van der Waals surface area contributed by atoms with Gasteiger partial charge >= 0.3 is 157 Å². The Morgan fingerprint density at radius 3 is 0.111 bits per heavy atom. The Morgan fingerprint density at radius 1 is 0.111 bits per heavy atom. The molecule has 0 aliphatic carbocycles. The molecule has 0 heterocycles. The fourth-order valence-corrected chi connectivity index (χ4v) is 0. The Bertz CT molecular complexity index is 16.5. The minimum Gasteiger partial charge on any atom is -2.00 e. The summed E-state index contributed by atoms with van der Waals surface area (Å²) in [6.45, 7) is 0. The van der Waals surface area contributed by atoms with Crippen LogP contribution >= 0.6 is 0 Å². The van der Waals surface area contributed by atoms with Crippen LogP contribution in [0.3, 0.4) is 0 Å². The summed E-state index contributed by atoms with van der Waals surface area (Å²) < 4.78 is 0. The van der Waals surface area contributed by atoms with Crippen LogP contribution in [0.5, 0.6) is 0 Å². The first-order valence-electron chi connectivity index (χ1n) is 0. The molecule has 12 nitrogen and oxygen atoms in total. The molecule has 0 rings (SSSR count). The molecule has 0 fully saturated rings. The van der Waals surface area contributed by atoms with Gasteiger partial charge in [0.25, 0.3) is 0 Å². The van der Waals surface area contributed by atoms with Gasteiger partial charge in [0.1, 0.15) is 0 Å². The van der Waals surface area contributed by atoms with Gasteiger partial charge in [-0.15, -0.1) is 0 Å². The van der Waals surface area contributed by atoms with Crippen molar-refractivity contribution in [2.24, 2.45) is 0 Å². The van der Waals surface area contributed by atoms with E-state index >= 15 is 0 Å². The standard InChI is InChI=1S/12O.6Zr/q12*-2;6*+4. The Labute approximate surface area is 219 Å². The van der Waals surface area contributed by atoms with E-state index in [0.29, 0.717) is 0 Å². The molecule has 0 spiro atoms. The van der Waals surface area contributed by atoms with Crippen molar-refractivity contribution in [3.63, 3.8) is 0 Å². The van der Waals surface area contributed by atoms with Crippen LogP contribution in [-0.2, 0) is 223 Å². The van der Waals surface area contributed by atoms with Gasteiger partial charge < -0.3 is 65.7 Å². The number of rotatable bonds is 0. The van der Waals surface area contributed by atoms with Crippen LogP contribution in [0.1, 0.15) is 0 Å². The van der Waals surface area contributed by atoms with Crippen molar-refractivity contribution in [3.05, 3.63) is 0 Å². The van der Waals surface area contributed by atoms with Gasteiger partial charge in [-0.25, -0.2) is 0 Å². The van der Waals surface area contributed by atoms with E-state index in [-0.39, 0.29) is 223 Å². The second-order valence-corrected chi connectivity index (χ2v) is 0. The third kappa shape index (κ3) is 352. The summed E-state index contributed by atoms with van der Waals surface area (Å²) in [6, 6.07) is 0. The third-order valence-electron chi connectivity index (χ3n) is 0. The maximum absolute atomic E-state index is 0. The Balaban J connectivity index is 0. The molecule has 0 saturated carbocycles. The molecule has 0 aromatic rings. The minimum atomic E-state index is 0. The maximum atomic E-state index is 0. The van der Waals surface area contributed by atoms with Crippen LogP contribution in [0.4, 0.5) is 0 Å². The van der Waals surface area contributed by atoms with Gasteiger partial charge in [-0.1, -0.05) is 0 Å². The van der Waals surface area contributed by atoms with Gasteiger partial charge in [0.05, 0.1) is 0 Å². The van der Waals surface area contributed by atoms with E-state index in [1.807, 2.05) is 0 Å². The second kappa shape index (κ2) is 407. The molecule has 0 saturated heterocycles. The SMILES string of the molecule is [O-2].[O-2].[O-2].[O-2].[O-2].[O-2].[O-2].[O-2].[O-2].[O-2].[O-2].[O-2].[Zr+4].[Zr+4].[Zr+4].[Zr+4].[Zr+4].[Zr+4]. The first-order chi connectivity index (χ1) is 0. The second-order valence-electron chi connectivity index (χ2n) is 0. The van der Waals surface area contributed by atoms with Crippen molar-refractivity contribution in [1.29, 1.82) is 0 Å². The van der Waals surface area contributed by atoms with Crippen molar-refractivity contribution in [1.82, 2.24) is 0 Å². The van der Waals surface area contributed by atoms with Gasteiger partial charge in [-0.3, -0.25) is 0 Å². The van der Waals surface area contributed by atoms with Crippen molar-refractivity contribution in [3.8, 4) is 0 Å². The number of hydrogen-bond acceptors (Lipinski definition) is 0. The molecule has 0 aliphatic rings. The maximum Gasteiger partial charge on any atom is 4.00 e. The zero-order chi connectivity index (χ0) is 0. The molecule has 0 bridgehead atoms. The fraction of sp³-hybridized carbons (Fsp3) is 0. The summed E-state index contributed by atoms with van der Waals surface area (Å²) in [6.07, 6.45) is 0. The Kier molecular flexibility index (Phi) is 10600. The van der Waals surface area contributed by atoms with Gasteiger partial charge in [-0.2, -0.15) is 0 Å². The van der Waals surface area contributed by atoms with E-state index in [1.165, 1.54) is 0 Å². The normalized spacial score (nSPS) is 0. The van der Waals surface area contributed by atoms with Gasteiger partial charge in [-0.05, 0) is 0 Å². The van der Waals surface area contributed by atoms with Crippen LogP contribution in [0.2, 0.25) is 0 Å². The summed E-state index contributed by atoms with van der Waals surface area (Å²) in [5, 5.41) is 0. The van der Waals surface area contributed by atoms with Crippen LogP contribution in [0, 0.1) is 0 Å². The zero-order valence-corrected chi connectivity index (χ0v) is 22.6. The molecule has 0 radical (unpaired) electrons. The largest absolute Gasteiger partial charge is 4.00 e. The molecule has 0 atom stereocenters. The summed E-state index contributed by atoms with van der Waals surface area (Å²) in [7, 11) is 0. The zero-order valence-electron chi connectivity index (χ0n) is 7.90. The molecule has 0 aromatic heterocycles. The van der Waals surface area contributed by atoms with Crippen molar-refractivity contribution >= 4 is 0 Å². The van der Waals surface area contributed by atoms with Crippen LogP contribution < -0.4 is 0 Å². The van der Waals surface area contributed by atoms with E-state index < -0.39 is 0 Å². The average molecular weight is 739 g/mol. The molecule has 0 amide bonds. The molecular formula is O12Zr6. The van der Waals surface area contributed by atoms with E-state index in [1.54, 1.807) is 0 Å². The molecular weight excluding hydrogens is 739 g/mol. The summed E-state index contributed by atoms with van der Waals surface area (Å²) in [5.41, 5.74) is 0. The number of hydrogen-bond donors (Lipinski definition) is 0. The van der Waals surface area contributed by atoms with Crippen LogP contribution in [0.25, 0.3) is 0 Å². The molecule has 18 heteroatoms. The Morgan fingerprint density at radius 2 is 0.111 bits per heavy atom. The first kappa shape index (κ1) is 468. The average Bonchev–Trinajstić information content (AvgIpc) is 0. The van der Waals surface area contributed by atoms with Gasteiger partial charge in [0.2, 0.25) is 0 Å². The van der Waals surface area contributed by atoms with Crippen molar-refractivity contribution < 1.29 is 223 Å². The van der Waals surface area contributed by atoms with Crippen molar-refractivity contribution in [2.45, 2.75) is 0 Å². The van der Waals surface area contributed by atoms with Crippen molar-refractivity contribution in [2.75, 3.05) is 0 Å². The predicted octanol–water partition coefficient (Wildman–Crippen LogP) is -1.44. The molecule has 96 valence electrons. The molecule has 0 unspecified atom stereocenters.